The summed E-state index contributed by atoms with van der Waals surface area (Å²) in [5.41, 5.74) is 0.441. The minimum Gasteiger partial charge on any atom is -0.296 e. The minimum absolute atomic E-state index is 0.371. The zero-order valence-electron chi connectivity index (χ0n) is 6.23. The van der Waals surface area contributed by atoms with Crippen LogP contribution in [-0.2, 0) is 0 Å². The van der Waals surface area contributed by atoms with Gasteiger partial charge in [-0.2, -0.15) is 5.26 Å². The van der Waals surface area contributed by atoms with E-state index in [1.165, 1.54) is 11.3 Å². The Morgan fingerprint density at radius 1 is 1.75 bits per heavy atom. The van der Waals surface area contributed by atoms with Crippen LogP contribution in [0.5, 0.6) is 0 Å². The molecule has 0 spiro atoms. The second-order valence-corrected chi connectivity index (χ2v) is 2.88. The largest absolute Gasteiger partial charge is 0.296 e. The summed E-state index contributed by atoms with van der Waals surface area (Å²) in [6.45, 7) is 0. The average Bonchev–Trinajstić information content (AvgIpc) is 2.53. The van der Waals surface area contributed by atoms with Gasteiger partial charge in [0, 0.05) is 5.38 Å². The number of nitrogens with zero attached hydrogens (tertiary/aromatic N) is 2. The van der Waals surface area contributed by atoms with E-state index in [0.29, 0.717) is 18.4 Å². The van der Waals surface area contributed by atoms with E-state index in [1.54, 1.807) is 17.5 Å². The predicted octanol–water partition coefficient (Wildman–Crippen LogP) is 1.88. The Hall–Kier alpha value is -1.47. The van der Waals surface area contributed by atoms with Crippen LogP contribution in [0.3, 0.4) is 0 Å². The van der Waals surface area contributed by atoms with Crippen LogP contribution in [0, 0.1) is 11.3 Å². The lowest BCUT2D eigenvalue weighted by Crippen LogP contribution is -1.77. The second kappa shape index (κ2) is 4.42. The number of aldehydes is 1. The van der Waals surface area contributed by atoms with Crippen LogP contribution in [-0.4, -0.2) is 11.3 Å². The molecule has 0 saturated carbocycles. The fourth-order valence-electron chi connectivity index (χ4n) is 0.644. The van der Waals surface area contributed by atoms with Crippen molar-refractivity contribution in [1.82, 2.24) is 4.98 Å². The van der Waals surface area contributed by atoms with E-state index < -0.39 is 0 Å². The Bertz CT molecular complexity index is 335. The van der Waals surface area contributed by atoms with Crippen LogP contribution in [0.25, 0.3) is 6.08 Å². The van der Waals surface area contributed by atoms with E-state index in [9.17, 15) is 4.79 Å². The molecule has 0 unspecified atom stereocenters. The maximum atomic E-state index is 10.2. The van der Waals surface area contributed by atoms with Crippen molar-refractivity contribution in [2.75, 3.05) is 0 Å². The Labute approximate surface area is 74.0 Å². The van der Waals surface area contributed by atoms with E-state index in [-0.39, 0.29) is 0 Å². The van der Waals surface area contributed by atoms with Crippen molar-refractivity contribution in [2.24, 2.45) is 0 Å². The van der Waals surface area contributed by atoms with Gasteiger partial charge in [-0.3, -0.25) is 4.79 Å². The quantitative estimate of drug-likeness (QED) is 0.664. The van der Waals surface area contributed by atoms with Crippen LogP contribution < -0.4 is 0 Å². The highest BCUT2D eigenvalue weighted by Gasteiger charge is 1.95. The van der Waals surface area contributed by atoms with Crippen LogP contribution in [0.4, 0.5) is 0 Å². The minimum atomic E-state index is 0.371. The first kappa shape index (κ1) is 8.62. The van der Waals surface area contributed by atoms with Crippen LogP contribution in [0.15, 0.2) is 11.5 Å². The number of carbonyl (C=O) groups excluding carboxylic acids is 1. The van der Waals surface area contributed by atoms with Gasteiger partial charge in [-0.25, -0.2) is 4.98 Å². The summed E-state index contributed by atoms with van der Waals surface area (Å²) in [5.74, 6) is 0. The maximum absolute atomic E-state index is 10.2. The van der Waals surface area contributed by atoms with Crippen molar-refractivity contribution < 1.29 is 4.79 Å². The summed E-state index contributed by atoms with van der Waals surface area (Å²) in [6, 6.07) is 1.98. The molecule has 0 saturated heterocycles. The molecular weight excluding hydrogens is 172 g/mol. The van der Waals surface area contributed by atoms with Crippen LogP contribution in [0.1, 0.15) is 21.9 Å². The van der Waals surface area contributed by atoms with Crippen molar-refractivity contribution in [3.8, 4) is 6.07 Å². The summed E-state index contributed by atoms with van der Waals surface area (Å²) in [4.78, 5) is 14.2. The number of hydrogen-bond acceptors (Lipinski definition) is 4. The lowest BCUT2D eigenvalue weighted by molar-refractivity contribution is 0.111. The third kappa shape index (κ3) is 2.29. The Kier molecular flexibility index (Phi) is 3.17. The van der Waals surface area contributed by atoms with Gasteiger partial charge >= 0.3 is 0 Å². The topological polar surface area (TPSA) is 53.8 Å². The molecule has 1 heterocycles. The first-order valence-electron chi connectivity index (χ1n) is 3.31. The number of carbonyl (C=O) groups is 1. The van der Waals surface area contributed by atoms with Crippen molar-refractivity contribution >= 4 is 23.7 Å². The van der Waals surface area contributed by atoms with Crippen molar-refractivity contribution in [2.45, 2.75) is 6.42 Å². The fourth-order valence-corrected chi connectivity index (χ4v) is 1.33. The zero-order chi connectivity index (χ0) is 8.81. The van der Waals surface area contributed by atoms with Gasteiger partial charge in [-0.15, -0.1) is 11.3 Å². The van der Waals surface area contributed by atoms with E-state index in [4.69, 9.17) is 5.26 Å². The molecular formula is C8H6N2OS. The summed E-state index contributed by atoms with van der Waals surface area (Å²) in [6.07, 6.45) is 4.53. The van der Waals surface area contributed by atoms with E-state index in [0.717, 1.165) is 5.01 Å². The molecule has 1 aromatic heterocycles. The Balaban J connectivity index is 2.65. The first-order chi connectivity index (χ1) is 5.86. The molecule has 0 radical (unpaired) electrons. The Morgan fingerprint density at radius 2 is 2.58 bits per heavy atom. The van der Waals surface area contributed by atoms with Gasteiger partial charge < -0.3 is 0 Å². The first-order valence-corrected chi connectivity index (χ1v) is 4.19. The molecule has 4 heteroatoms. The number of nitriles is 1. The molecule has 0 fully saturated rings. The molecule has 0 aliphatic carbocycles. The molecule has 0 bridgehead atoms. The van der Waals surface area contributed by atoms with Gasteiger partial charge in [0.1, 0.15) is 10.7 Å². The molecule has 0 aromatic carbocycles. The van der Waals surface area contributed by atoms with Crippen LogP contribution in [0.2, 0.25) is 0 Å². The average molecular weight is 178 g/mol. The number of hydrogen-bond donors (Lipinski definition) is 0. The van der Waals surface area contributed by atoms with Gasteiger partial charge in [0.05, 0.1) is 12.5 Å². The van der Waals surface area contributed by atoms with E-state index in [2.05, 4.69) is 4.98 Å². The van der Waals surface area contributed by atoms with E-state index in [1.807, 2.05) is 6.07 Å². The fraction of sp³-hybridized carbons (Fsp3) is 0.125. The van der Waals surface area contributed by atoms with E-state index >= 15 is 0 Å². The molecule has 0 atom stereocenters. The van der Waals surface area contributed by atoms with Gasteiger partial charge in [-0.1, -0.05) is 6.08 Å². The highest BCUT2D eigenvalue weighted by Crippen LogP contribution is 2.09. The normalized spacial score (nSPS) is 9.92. The van der Waals surface area contributed by atoms with Gasteiger partial charge in [0.15, 0.2) is 6.29 Å². The monoisotopic (exact) mass is 178 g/mol. The SMILES string of the molecule is N#CCC=Cc1nc(C=O)cs1. The standard InChI is InChI=1S/C8H6N2OS/c9-4-2-1-3-8-10-7(5-11)6-12-8/h1,3,5-6H,2H2. The third-order valence-corrected chi connectivity index (χ3v) is 1.96. The number of allylic oxidation sites excluding steroid dienone is 1. The zero-order valence-corrected chi connectivity index (χ0v) is 7.04. The molecule has 0 amide bonds. The highest BCUT2D eigenvalue weighted by molar-refractivity contribution is 7.10. The lowest BCUT2D eigenvalue weighted by Gasteiger charge is -1.78. The summed E-state index contributed by atoms with van der Waals surface area (Å²) < 4.78 is 0. The van der Waals surface area contributed by atoms with Gasteiger partial charge in [0.25, 0.3) is 0 Å². The summed E-state index contributed by atoms with van der Waals surface area (Å²) in [5, 5.41) is 10.7. The van der Waals surface area contributed by atoms with Gasteiger partial charge in [-0.05, 0) is 6.08 Å². The molecule has 60 valence electrons. The smallest absolute Gasteiger partial charge is 0.169 e. The van der Waals surface area contributed by atoms with Crippen LogP contribution >= 0.6 is 11.3 Å². The molecule has 12 heavy (non-hydrogen) atoms. The second-order valence-electron chi connectivity index (χ2n) is 1.99. The van der Waals surface area contributed by atoms with Gasteiger partial charge in [0.2, 0.25) is 0 Å². The molecule has 1 aromatic rings. The summed E-state index contributed by atoms with van der Waals surface area (Å²) in [7, 11) is 0. The van der Waals surface area contributed by atoms with Crippen molar-refractivity contribution in [1.29, 1.82) is 5.26 Å². The third-order valence-electron chi connectivity index (χ3n) is 1.13. The Morgan fingerprint density at radius 3 is 3.17 bits per heavy atom. The lowest BCUT2D eigenvalue weighted by atomic mass is 10.4. The predicted molar refractivity (Wildman–Crippen MR) is 46.8 cm³/mol. The highest BCUT2D eigenvalue weighted by atomic mass is 32.1. The molecule has 0 N–H and O–H groups in total. The summed E-state index contributed by atoms with van der Waals surface area (Å²) >= 11 is 1.39. The van der Waals surface area contributed by atoms with Crippen molar-refractivity contribution in [3.63, 3.8) is 0 Å². The molecule has 0 aliphatic heterocycles. The maximum Gasteiger partial charge on any atom is 0.169 e. The number of rotatable bonds is 3. The molecule has 0 aliphatic rings. The molecule has 3 nitrogen and oxygen atoms in total. The number of thiazole rings is 1. The number of aromatic nitrogens is 1. The van der Waals surface area contributed by atoms with Crippen molar-refractivity contribution in [3.05, 3.63) is 22.2 Å². The molecule has 1 rings (SSSR count).